The molecule has 3 N–H and O–H groups in total. The molecule has 3 aromatic rings. The van der Waals surface area contributed by atoms with Gasteiger partial charge >= 0.3 is 0 Å². The Kier molecular flexibility index (Phi) is 3.15. The topological polar surface area (TPSA) is 81.2 Å². The Morgan fingerprint density at radius 2 is 2.30 bits per heavy atom. The molecule has 20 heavy (non-hydrogen) atoms. The van der Waals surface area contributed by atoms with Crippen molar-refractivity contribution in [3.05, 3.63) is 46.9 Å². The van der Waals surface area contributed by atoms with E-state index >= 15 is 0 Å². The average Bonchev–Trinajstić information content (AvgIpc) is 3.01. The fourth-order valence-corrected chi connectivity index (χ4v) is 2.94. The molecule has 0 unspecified atom stereocenters. The highest BCUT2D eigenvalue weighted by Crippen LogP contribution is 2.31. The average molecular weight is 287 g/mol. The van der Waals surface area contributed by atoms with Crippen LogP contribution in [0.15, 0.2) is 34.9 Å². The minimum Gasteiger partial charge on any atom is -0.465 e. The molecule has 3 heterocycles. The van der Waals surface area contributed by atoms with E-state index in [0.717, 1.165) is 10.5 Å². The molecule has 0 aliphatic carbocycles. The number of nitrogen functional groups attached to an aromatic ring is 1. The zero-order chi connectivity index (χ0) is 14.1. The number of nitrogens with two attached hydrogens (primary N) is 1. The molecular formula is C14H13N3O2S. The first-order chi connectivity index (χ1) is 9.65. The number of nitrogens with zero attached hydrogens (tertiary/aromatic N) is 1. The molecule has 0 atom stereocenters. The number of amides is 1. The summed E-state index contributed by atoms with van der Waals surface area (Å²) in [7, 11) is 0. The van der Waals surface area contributed by atoms with Gasteiger partial charge in [0.25, 0.3) is 5.91 Å². The normalized spacial score (nSPS) is 10.8. The Labute approximate surface area is 119 Å². The van der Waals surface area contributed by atoms with Crippen LogP contribution in [0.3, 0.4) is 0 Å². The molecule has 6 heteroatoms. The minimum absolute atomic E-state index is 0.209. The zero-order valence-electron chi connectivity index (χ0n) is 10.8. The van der Waals surface area contributed by atoms with E-state index in [4.69, 9.17) is 10.2 Å². The number of aromatic nitrogens is 1. The number of thiophene rings is 1. The van der Waals surface area contributed by atoms with Gasteiger partial charge in [0, 0.05) is 6.20 Å². The van der Waals surface area contributed by atoms with Crippen LogP contribution in [0, 0.1) is 6.92 Å². The van der Waals surface area contributed by atoms with Crippen LogP contribution >= 0.6 is 11.3 Å². The van der Waals surface area contributed by atoms with Gasteiger partial charge in [-0.25, -0.2) is 0 Å². The Balaban J connectivity index is 1.80. The second-order valence-corrected chi connectivity index (χ2v) is 5.44. The van der Waals surface area contributed by atoms with E-state index in [-0.39, 0.29) is 5.91 Å². The van der Waals surface area contributed by atoms with Crippen LogP contribution in [0.1, 0.15) is 21.2 Å². The molecule has 0 fully saturated rings. The van der Waals surface area contributed by atoms with Gasteiger partial charge in [0.05, 0.1) is 16.9 Å². The van der Waals surface area contributed by atoms with Crippen molar-refractivity contribution in [3.8, 4) is 0 Å². The number of pyridine rings is 1. The van der Waals surface area contributed by atoms with Crippen LogP contribution < -0.4 is 11.1 Å². The van der Waals surface area contributed by atoms with Crippen molar-refractivity contribution < 1.29 is 9.21 Å². The van der Waals surface area contributed by atoms with E-state index in [1.165, 1.54) is 11.3 Å². The van der Waals surface area contributed by atoms with Crippen LogP contribution in [0.2, 0.25) is 0 Å². The number of aryl methyl sites for hydroxylation is 1. The highest BCUT2D eigenvalue weighted by atomic mass is 32.1. The van der Waals surface area contributed by atoms with Gasteiger partial charge in [-0.1, -0.05) is 0 Å². The van der Waals surface area contributed by atoms with Gasteiger partial charge in [-0.05, 0) is 31.2 Å². The number of furan rings is 1. The SMILES string of the molecule is Cc1ccc(CNC(=O)c2sc3cccnc3c2N)o1. The Morgan fingerprint density at radius 1 is 1.45 bits per heavy atom. The van der Waals surface area contributed by atoms with Gasteiger partial charge in [0.1, 0.15) is 21.9 Å². The highest BCUT2D eigenvalue weighted by Gasteiger charge is 2.17. The Hall–Kier alpha value is -2.34. The summed E-state index contributed by atoms with van der Waals surface area (Å²) in [5.41, 5.74) is 7.08. The summed E-state index contributed by atoms with van der Waals surface area (Å²) in [6, 6.07) is 7.42. The maximum absolute atomic E-state index is 12.2. The van der Waals surface area contributed by atoms with Crippen LogP contribution in [-0.4, -0.2) is 10.9 Å². The number of fused-ring (bicyclic) bond motifs is 1. The number of carbonyl (C=O) groups excluding carboxylic acids is 1. The van der Waals surface area contributed by atoms with E-state index < -0.39 is 0 Å². The van der Waals surface area contributed by atoms with Gasteiger partial charge < -0.3 is 15.5 Å². The molecule has 5 nitrogen and oxygen atoms in total. The van der Waals surface area contributed by atoms with Crippen molar-refractivity contribution in [2.75, 3.05) is 5.73 Å². The molecular weight excluding hydrogens is 274 g/mol. The van der Waals surface area contributed by atoms with E-state index in [0.29, 0.717) is 28.4 Å². The monoisotopic (exact) mass is 287 g/mol. The number of carbonyl (C=O) groups is 1. The van der Waals surface area contributed by atoms with E-state index in [1.54, 1.807) is 6.20 Å². The third-order valence-corrected chi connectivity index (χ3v) is 4.07. The summed E-state index contributed by atoms with van der Waals surface area (Å²) in [5.74, 6) is 1.33. The van der Waals surface area contributed by atoms with Crippen molar-refractivity contribution in [2.24, 2.45) is 0 Å². The Bertz CT molecular complexity index is 776. The van der Waals surface area contributed by atoms with Gasteiger partial charge in [-0.2, -0.15) is 0 Å². The van der Waals surface area contributed by atoms with E-state index in [1.807, 2.05) is 31.2 Å². The smallest absolute Gasteiger partial charge is 0.263 e. The van der Waals surface area contributed by atoms with Crippen molar-refractivity contribution in [1.29, 1.82) is 0 Å². The summed E-state index contributed by atoms with van der Waals surface area (Å²) >= 11 is 1.34. The Morgan fingerprint density at radius 3 is 3.00 bits per heavy atom. The second kappa shape index (κ2) is 4.97. The minimum atomic E-state index is -0.209. The predicted octanol–water partition coefficient (Wildman–Crippen LogP) is 2.71. The number of rotatable bonds is 3. The van der Waals surface area contributed by atoms with Crippen LogP contribution in [0.4, 0.5) is 5.69 Å². The highest BCUT2D eigenvalue weighted by molar-refractivity contribution is 7.21. The number of hydrogen-bond acceptors (Lipinski definition) is 5. The molecule has 0 aromatic carbocycles. The van der Waals surface area contributed by atoms with Crippen molar-refractivity contribution in [3.63, 3.8) is 0 Å². The summed E-state index contributed by atoms with van der Waals surface area (Å²) in [4.78, 5) is 16.8. The summed E-state index contributed by atoms with van der Waals surface area (Å²) in [6.07, 6.45) is 1.67. The van der Waals surface area contributed by atoms with Crippen LogP contribution in [0.25, 0.3) is 10.2 Å². The first-order valence-corrected chi connectivity index (χ1v) is 6.93. The second-order valence-electron chi connectivity index (χ2n) is 4.39. The van der Waals surface area contributed by atoms with E-state index in [2.05, 4.69) is 10.3 Å². The molecule has 1 amide bonds. The number of hydrogen-bond donors (Lipinski definition) is 2. The fraction of sp³-hybridized carbons (Fsp3) is 0.143. The molecule has 0 saturated carbocycles. The van der Waals surface area contributed by atoms with E-state index in [9.17, 15) is 4.79 Å². The van der Waals surface area contributed by atoms with Gasteiger partial charge in [0.15, 0.2) is 0 Å². The summed E-state index contributed by atoms with van der Waals surface area (Å²) < 4.78 is 6.31. The lowest BCUT2D eigenvalue weighted by Crippen LogP contribution is -2.22. The molecule has 0 aliphatic heterocycles. The molecule has 0 spiro atoms. The predicted molar refractivity (Wildman–Crippen MR) is 78.6 cm³/mol. The molecule has 3 aromatic heterocycles. The standard InChI is InChI=1S/C14H13N3O2S/c1-8-4-5-9(19-8)7-17-14(18)13-11(15)12-10(20-13)3-2-6-16-12/h2-6H,7,15H2,1H3,(H,17,18). The number of nitrogens with one attached hydrogen (secondary N) is 1. The molecule has 102 valence electrons. The lowest BCUT2D eigenvalue weighted by atomic mass is 10.3. The first-order valence-electron chi connectivity index (χ1n) is 6.11. The van der Waals surface area contributed by atoms with Crippen molar-refractivity contribution in [1.82, 2.24) is 10.3 Å². The van der Waals surface area contributed by atoms with Gasteiger partial charge in [0.2, 0.25) is 0 Å². The van der Waals surface area contributed by atoms with Crippen LogP contribution in [0.5, 0.6) is 0 Å². The third-order valence-electron chi connectivity index (χ3n) is 2.91. The molecule has 0 aliphatic rings. The zero-order valence-corrected chi connectivity index (χ0v) is 11.7. The van der Waals surface area contributed by atoms with Gasteiger partial charge in [-0.3, -0.25) is 9.78 Å². The fourth-order valence-electron chi connectivity index (χ4n) is 1.94. The maximum atomic E-state index is 12.2. The molecule has 3 rings (SSSR count). The number of anilines is 1. The molecule has 0 bridgehead atoms. The summed E-state index contributed by atoms with van der Waals surface area (Å²) in [6.45, 7) is 2.20. The largest absolute Gasteiger partial charge is 0.465 e. The maximum Gasteiger partial charge on any atom is 0.263 e. The van der Waals surface area contributed by atoms with Crippen LogP contribution in [-0.2, 0) is 6.54 Å². The van der Waals surface area contributed by atoms with Gasteiger partial charge in [-0.15, -0.1) is 11.3 Å². The lowest BCUT2D eigenvalue weighted by molar-refractivity contribution is 0.0953. The van der Waals surface area contributed by atoms with Crippen molar-refractivity contribution >= 4 is 33.1 Å². The first kappa shape index (κ1) is 12.7. The van der Waals surface area contributed by atoms with Crippen molar-refractivity contribution in [2.45, 2.75) is 13.5 Å². The molecule has 0 saturated heterocycles. The lowest BCUT2D eigenvalue weighted by Gasteiger charge is -2.01. The molecule has 0 radical (unpaired) electrons. The quantitative estimate of drug-likeness (QED) is 0.776. The summed E-state index contributed by atoms with van der Waals surface area (Å²) in [5, 5.41) is 2.80. The third kappa shape index (κ3) is 2.25.